The summed E-state index contributed by atoms with van der Waals surface area (Å²) in [6.45, 7) is 0.528. The van der Waals surface area contributed by atoms with Crippen molar-refractivity contribution in [3.05, 3.63) is 78.3 Å². The predicted octanol–water partition coefficient (Wildman–Crippen LogP) is 4.16. The van der Waals surface area contributed by atoms with Crippen molar-refractivity contribution in [2.75, 3.05) is 17.5 Å². The summed E-state index contributed by atoms with van der Waals surface area (Å²) in [6, 6.07) is 16.7. The number of nitrogens with one attached hydrogen (secondary N) is 2. The Labute approximate surface area is 174 Å². The van der Waals surface area contributed by atoms with Crippen molar-refractivity contribution in [2.45, 2.75) is 22.6 Å². The lowest BCUT2D eigenvalue weighted by Gasteiger charge is -2.10. The molecule has 0 unspecified atom stereocenters. The van der Waals surface area contributed by atoms with Crippen LogP contribution >= 0.6 is 11.8 Å². The van der Waals surface area contributed by atoms with Gasteiger partial charge in [-0.1, -0.05) is 0 Å². The molecule has 0 radical (unpaired) electrons. The molecule has 29 heavy (non-hydrogen) atoms. The van der Waals surface area contributed by atoms with E-state index < -0.39 is 10.0 Å². The Morgan fingerprint density at radius 2 is 1.76 bits per heavy atom. The van der Waals surface area contributed by atoms with Gasteiger partial charge in [-0.3, -0.25) is 9.52 Å². The molecule has 2 aromatic carbocycles. The SMILES string of the molecule is CSc1ccc(S(=O)(=O)Nc2ccc(C(=O)NCCCc3ccco3)cc2)cc1. The van der Waals surface area contributed by atoms with Gasteiger partial charge in [-0.15, -0.1) is 11.8 Å². The van der Waals surface area contributed by atoms with Crippen LogP contribution in [-0.2, 0) is 16.4 Å². The molecule has 0 saturated heterocycles. The predicted molar refractivity (Wildman–Crippen MR) is 115 cm³/mol. The third-order valence-corrected chi connectivity index (χ3v) is 6.38. The Hall–Kier alpha value is -2.71. The average molecular weight is 431 g/mol. The fourth-order valence-corrected chi connectivity index (χ4v) is 4.15. The highest BCUT2D eigenvalue weighted by Gasteiger charge is 2.14. The maximum atomic E-state index is 12.5. The second-order valence-corrected chi connectivity index (χ2v) is 8.86. The fourth-order valence-electron chi connectivity index (χ4n) is 2.68. The quantitative estimate of drug-likeness (QED) is 0.393. The first-order valence-corrected chi connectivity index (χ1v) is 11.8. The zero-order valence-electron chi connectivity index (χ0n) is 15.9. The maximum Gasteiger partial charge on any atom is 0.261 e. The van der Waals surface area contributed by atoms with E-state index >= 15 is 0 Å². The highest BCUT2D eigenvalue weighted by Crippen LogP contribution is 2.20. The molecule has 1 amide bonds. The van der Waals surface area contributed by atoms with Crippen LogP contribution in [-0.4, -0.2) is 27.1 Å². The van der Waals surface area contributed by atoms with Crippen molar-refractivity contribution >= 4 is 33.4 Å². The second-order valence-electron chi connectivity index (χ2n) is 6.30. The molecule has 6 nitrogen and oxygen atoms in total. The lowest BCUT2D eigenvalue weighted by molar-refractivity contribution is 0.0953. The van der Waals surface area contributed by atoms with Gasteiger partial charge < -0.3 is 9.73 Å². The van der Waals surface area contributed by atoms with E-state index in [0.717, 1.165) is 23.5 Å². The highest BCUT2D eigenvalue weighted by atomic mass is 32.2. The molecule has 0 aliphatic rings. The molecule has 0 aliphatic heterocycles. The van der Waals surface area contributed by atoms with E-state index in [1.807, 2.05) is 18.4 Å². The smallest absolute Gasteiger partial charge is 0.261 e. The zero-order valence-corrected chi connectivity index (χ0v) is 17.6. The van der Waals surface area contributed by atoms with Crippen molar-refractivity contribution < 1.29 is 17.6 Å². The van der Waals surface area contributed by atoms with Gasteiger partial charge in [-0.25, -0.2) is 8.42 Å². The third kappa shape index (κ3) is 5.88. The largest absolute Gasteiger partial charge is 0.469 e. The Morgan fingerprint density at radius 3 is 2.38 bits per heavy atom. The van der Waals surface area contributed by atoms with Crippen LogP contribution in [0.1, 0.15) is 22.5 Å². The van der Waals surface area contributed by atoms with Gasteiger partial charge in [0.05, 0.1) is 11.2 Å². The van der Waals surface area contributed by atoms with Crippen molar-refractivity contribution in [1.82, 2.24) is 5.32 Å². The number of benzene rings is 2. The van der Waals surface area contributed by atoms with E-state index in [9.17, 15) is 13.2 Å². The number of thioether (sulfide) groups is 1. The van der Waals surface area contributed by atoms with Crippen LogP contribution in [0.3, 0.4) is 0 Å². The van der Waals surface area contributed by atoms with Crippen LogP contribution in [0, 0.1) is 0 Å². The lowest BCUT2D eigenvalue weighted by Crippen LogP contribution is -2.24. The molecule has 1 aromatic heterocycles. The normalized spacial score (nSPS) is 11.2. The van der Waals surface area contributed by atoms with Gasteiger partial charge in [0, 0.05) is 29.1 Å². The van der Waals surface area contributed by atoms with Crippen molar-refractivity contribution in [3.63, 3.8) is 0 Å². The fraction of sp³-hybridized carbons (Fsp3) is 0.190. The van der Waals surface area contributed by atoms with Gasteiger partial charge in [0.1, 0.15) is 5.76 Å². The molecule has 0 spiro atoms. The van der Waals surface area contributed by atoms with E-state index in [0.29, 0.717) is 17.8 Å². The number of carbonyl (C=O) groups excluding carboxylic acids is 1. The minimum Gasteiger partial charge on any atom is -0.469 e. The van der Waals surface area contributed by atoms with E-state index in [1.54, 1.807) is 66.6 Å². The highest BCUT2D eigenvalue weighted by molar-refractivity contribution is 7.98. The van der Waals surface area contributed by atoms with Gasteiger partial charge in [-0.2, -0.15) is 0 Å². The topological polar surface area (TPSA) is 88.4 Å². The number of carbonyl (C=O) groups is 1. The number of amides is 1. The van der Waals surface area contributed by atoms with E-state index in [-0.39, 0.29) is 10.8 Å². The number of hydrogen-bond donors (Lipinski definition) is 2. The summed E-state index contributed by atoms with van der Waals surface area (Å²) in [6.07, 6.45) is 5.08. The minimum atomic E-state index is -3.68. The molecule has 152 valence electrons. The van der Waals surface area contributed by atoms with Crippen LogP contribution in [0.2, 0.25) is 0 Å². The molecule has 2 N–H and O–H groups in total. The van der Waals surface area contributed by atoms with Crippen molar-refractivity contribution in [3.8, 4) is 0 Å². The Balaban J connectivity index is 1.53. The first-order chi connectivity index (χ1) is 14.0. The summed E-state index contributed by atoms with van der Waals surface area (Å²) in [5.41, 5.74) is 0.864. The van der Waals surface area contributed by atoms with Crippen molar-refractivity contribution in [2.24, 2.45) is 0 Å². The van der Waals surface area contributed by atoms with Crippen LogP contribution < -0.4 is 10.0 Å². The standard InChI is InChI=1S/C21H22N2O4S2/c1-28-19-10-12-20(13-11-19)29(25,26)23-17-8-6-16(7-9-17)21(24)22-14-2-4-18-5-3-15-27-18/h3,5-13,15,23H,2,4,14H2,1H3,(H,22,24). The molecule has 0 aliphatic carbocycles. The van der Waals surface area contributed by atoms with Gasteiger partial charge in [0.15, 0.2) is 0 Å². The summed E-state index contributed by atoms with van der Waals surface area (Å²) >= 11 is 1.54. The Kier molecular flexibility index (Phi) is 7.00. The number of anilines is 1. The first-order valence-electron chi connectivity index (χ1n) is 9.05. The zero-order chi connectivity index (χ0) is 20.7. The van der Waals surface area contributed by atoms with Gasteiger partial charge in [0.2, 0.25) is 0 Å². The summed E-state index contributed by atoms with van der Waals surface area (Å²) < 4.78 is 32.8. The lowest BCUT2D eigenvalue weighted by atomic mass is 10.2. The molecule has 0 saturated carbocycles. The van der Waals surface area contributed by atoms with Gasteiger partial charge >= 0.3 is 0 Å². The van der Waals surface area contributed by atoms with E-state index in [4.69, 9.17) is 4.42 Å². The summed E-state index contributed by atoms with van der Waals surface area (Å²) in [4.78, 5) is 13.4. The number of rotatable bonds is 9. The van der Waals surface area contributed by atoms with E-state index in [1.165, 1.54) is 0 Å². The van der Waals surface area contributed by atoms with Crippen LogP contribution in [0.5, 0.6) is 0 Å². The summed E-state index contributed by atoms with van der Waals surface area (Å²) in [7, 11) is -3.68. The van der Waals surface area contributed by atoms with Gasteiger partial charge in [0.25, 0.3) is 15.9 Å². The summed E-state index contributed by atoms with van der Waals surface area (Å²) in [5, 5.41) is 2.84. The number of sulfonamides is 1. The molecule has 8 heteroatoms. The second kappa shape index (κ2) is 9.67. The van der Waals surface area contributed by atoms with Crippen LogP contribution in [0.15, 0.2) is 81.1 Å². The van der Waals surface area contributed by atoms with Crippen LogP contribution in [0.25, 0.3) is 0 Å². The molecular weight excluding hydrogens is 408 g/mol. The number of aryl methyl sites for hydroxylation is 1. The minimum absolute atomic E-state index is 0.189. The molecule has 0 atom stereocenters. The number of hydrogen-bond acceptors (Lipinski definition) is 5. The number of furan rings is 1. The van der Waals surface area contributed by atoms with Gasteiger partial charge in [-0.05, 0) is 73.3 Å². The van der Waals surface area contributed by atoms with Crippen LogP contribution in [0.4, 0.5) is 5.69 Å². The van der Waals surface area contributed by atoms with Crippen molar-refractivity contribution in [1.29, 1.82) is 0 Å². The Morgan fingerprint density at radius 1 is 1.03 bits per heavy atom. The van der Waals surface area contributed by atoms with E-state index in [2.05, 4.69) is 10.0 Å². The molecule has 3 rings (SSSR count). The molecule has 0 bridgehead atoms. The monoisotopic (exact) mass is 430 g/mol. The first kappa shape index (κ1) is 21.0. The third-order valence-electron chi connectivity index (χ3n) is 4.23. The summed E-state index contributed by atoms with van der Waals surface area (Å²) in [5.74, 6) is 0.686. The molecule has 3 aromatic rings. The Bertz CT molecular complexity index is 1030. The molecule has 0 fully saturated rings. The average Bonchev–Trinajstić information content (AvgIpc) is 3.25. The molecule has 1 heterocycles. The maximum absolute atomic E-state index is 12.5. The molecular formula is C21H22N2O4S2.